The van der Waals surface area contributed by atoms with Crippen LogP contribution < -0.4 is 5.32 Å². The minimum Gasteiger partial charge on any atom is -0.381 e. The number of hydrogen-bond donors (Lipinski definition) is 1. The van der Waals surface area contributed by atoms with Crippen LogP contribution in [0.5, 0.6) is 0 Å². The molecule has 0 bridgehead atoms. The van der Waals surface area contributed by atoms with Gasteiger partial charge in [0.05, 0.1) is 6.67 Å². The summed E-state index contributed by atoms with van der Waals surface area (Å²) in [6.45, 7) is 1.97. The van der Waals surface area contributed by atoms with Crippen LogP contribution in [0.3, 0.4) is 0 Å². The molecule has 1 aliphatic heterocycles. The van der Waals surface area contributed by atoms with E-state index >= 15 is 0 Å². The van der Waals surface area contributed by atoms with E-state index in [0.29, 0.717) is 18.8 Å². The van der Waals surface area contributed by atoms with Crippen molar-refractivity contribution in [1.82, 2.24) is 5.32 Å². The standard InChI is InChI=1S/C9H17ClFNO/c10-8-9(12-5-1-4-11)2-6-13-7-3-9/h12H,1-8H2. The van der Waals surface area contributed by atoms with Gasteiger partial charge in [-0.05, 0) is 25.8 Å². The molecule has 0 unspecified atom stereocenters. The topological polar surface area (TPSA) is 21.3 Å². The molecule has 0 aromatic carbocycles. The van der Waals surface area contributed by atoms with Crippen molar-refractivity contribution in [3.63, 3.8) is 0 Å². The van der Waals surface area contributed by atoms with Gasteiger partial charge in [0.25, 0.3) is 0 Å². The lowest BCUT2D eigenvalue weighted by atomic mass is 9.92. The first-order chi connectivity index (χ1) is 6.33. The molecule has 1 saturated heterocycles. The van der Waals surface area contributed by atoms with Gasteiger partial charge < -0.3 is 10.1 Å². The van der Waals surface area contributed by atoms with Crippen LogP contribution in [0.1, 0.15) is 19.3 Å². The maximum atomic E-state index is 11.9. The van der Waals surface area contributed by atoms with Gasteiger partial charge in [-0.3, -0.25) is 4.39 Å². The zero-order valence-electron chi connectivity index (χ0n) is 7.82. The van der Waals surface area contributed by atoms with Crippen LogP contribution >= 0.6 is 11.6 Å². The highest BCUT2D eigenvalue weighted by Gasteiger charge is 2.30. The van der Waals surface area contributed by atoms with Crippen LogP contribution in [0.25, 0.3) is 0 Å². The Labute approximate surface area is 83.8 Å². The molecule has 4 heteroatoms. The first-order valence-electron chi connectivity index (χ1n) is 4.78. The lowest BCUT2D eigenvalue weighted by molar-refractivity contribution is 0.0465. The first kappa shape index (κ1) is 11.2. The number of halogens is 2. The molecule has 2 nitrogen and oxygen atoms in total. The molecule has 0 aromatic rings. The third-order valence-electron chi connectivity index (χ3n) is 2.52. The molecule has 0 spiro atoms. The van der Waals surface area contributed by atoms with Crippen molar-refractivity contribution in [2.75, 3.05) is 32.3 Å². The third kappa shape index (κ3) is 3.41. The van der Waals surface area contributed by atoms with Crippen molar-refractivity contribution in [2.24, 2.45) is 0 Å². The second-order valence-electron chi connectivity index (χ2n) is 3.50. The minimum absolute atomic E-state index is 0.00498. The summed E-state index contributed by atoms with van der Waals surface area (Å²) in [5.74, 6) is 0.586. The molecular formula is C9H17ClFNO. The number of alkyl halides is 2. The van der Waals surface area contributed by atoms with Gasteiger partial charge in [-0.1, -0.05) is 0 Å². The van der Waals surface area contributed by atoms with Crippen molar-refractivity contribution in [1.29, 1.82) is 0 Å². The molecule has 1 heterocycles. The molecule has 78 valence electrons. The van der Waals surface area contributed by atoms with Crippen molar-refractivity contribution in [3.8, 4) is 0 Å². The summed E-state index contributed by atoms with van der Waals surface area (Å²) >= 11 is 5.90. The molecule has 1 rings (SSSR count). The Kier molecular flexibility index (Phi) is 4.99. The number of hydrogen-bond acceptors (Lipinski definition) is 2. The van der Waals surface area contributed by atoms with Crippen LogP contribution in [0, 0.1) is 0 Å². The zero-order valence-corrected chi connectivity index (χ0v) is 8.58. The van der Waals surface area contributed by atoms with E-state index in [0.717, 1.165) is 26.1 Å². The van der Waals surface area contributed by atoms with Gasteiger partial charge in [0.1, 0.15) is 0 Å². The van der Waals surface area contributed by atoms with Crippen molar-refractivity contribution < 1.29 is 9.13 Å². The number of nitrogens with one attached hydrogen (secondary N) is 1. The Bertz CT molecular complexity index is 140. The predicted octanol–water partition coefficient (Wildman–Crippen LogP) is 1.72. The van der Waals surface area contributed by atoms with Crippen LogP contribution in [0.4, 0.5) is 4.39 Å². The summed E-state index contributed by atoms with van der Waals surface area (Å²) in [4.78, 5) is 0. The fraction of sp³-hybridized carbons (Fsp3) is 1.00. The monoisotopic (exact) mass is 209 g/mol. The Morgan fingerprint density at radius 3 is 2.62 bits per heavy atom. The van der Waals surface area contributed by atoms with Crippen molar-refractivity contribution in [3.05, 3.63) is 0 Å². The smallest absolute Gasteiger partial charge is 0.0906 e. The molecule has 1 fully saturated rings. The summed E-state index contributed by atoms with van der Waals surface area (Å²) in [6, 6.07) is 0. The van der Waals surface area contributed by atoms with E-state index in [-0.39, 0.29) is 12.2 Å². The highest BCUT2D eigenvalue weighted by Crippen LogP contribution is 2.21. The van der Waals surface area contributed by atoms with Gasteiger partial charge in [-0.25, -0.2) is 0 Å². The van der Waals surface area contributed by atoms with Gasteiger partial charge in [-0.2, -0.15) is 0 Å². The maximum Gasteiger partial charge on any atom is 0.0906 e. The molecule has 1 N–H and O–H groups in total. The predicted molar refractivity (Wildman–Crippen MR) is 52.1 cm³/mol. The van der Waals surface area contributed by atoms with Crippen molar-refractivity contribution >= 4 is 11.6 Å². The van der Waals surface area contributed by atoms with E-state index in [4.69, 9.17) is 16.3 Å². The van der Waals surface area contributed by atoms with Crippen molar-refractivity contribution in [2.45, 2.75) is 24.8 Å². The van der Waals surface area contributed by atoms with Gasteiger partial charge in [0, 0.05) is 24.6 Å². The molecule has 1 aliphatic rings. The largest absolute Gasteiger partial charge is 0.381 e. The zero-order chi connectivity index (χ0) is 9.57. The fourth-order valence-electron chi connectivity index (χ4n) is 1.54. The Morgan fingerprint density at radius 1 is 1.38 bits per heavy atom. The molecule has 0 saturated carbocycles. The number of rotatable bonds is 5. The summed E-state index contributed by atoms with van der Waals surface area (Å²) < 4.78 is 17.1. The third-order valence-corrected chi connectivity index (χ3v) is 3.03. The van der Waals surface area contributed by atoms with Gasteiger partial charge >= 0.3 is 0 Å². The van der Waals surface area contributed by atoms with E-state index in [9.17, 15) is 4.39 Å². The average Bonchev–Trinajstić information content (AvgIpc) is 2.20. The van der Waals surface area contributed by atoms with Crippen LogP contribution in [-0.2, 0) is 4.74 Å². The highest BCUT2D eigenvalue weighted by atomic mass is 35.5. The lowest BCUT2D eigenvalue weighted by Gasteiger charge is -2.36. The summed E-state index contributed by atoms with van der Waals surface area (Å²) in [5.41, 5.74) is -0.00498. The Morgan fingerprint density at radius 2 is 2.08 bits per heavy atom. The second-order valence-corrected chi connectivity index (χ2v) is 3.76. The molecule has 0 aliphatic carbocycles. The first-order valence-corrected chi connectivity index (χ1v) is 5.31. The number of ether oxygens (including phenoxy) is 1. The van der Waals surface area contributed by atoms with Gasteiger partial charge in [0.15, 0.2) is 0 Å². The SMILES string of the molecule is FCCCNC1(CCl)CCOCC1. The second kappa shape index (κ2) is 5.78. The van der Waals surface area contributed by atoms with Gasteiger partial charge in [-0.15, -0.1) is 11.6 Å². The maximum absolute atomic E-state index is 11.9. The highest BCUT2D eigenvalue weighted by molar-refractivity contribution is 6.18. The van der Waals surface area contributed by atoms with Gasteiger partial charge in [0.2, 0.25) is 0 Å². The van der Waals surface area contributed by atoms with E-state index in [1.165, 1.54) is 0 Å². The fourth-order valence-corrected chi connectivity index (χ4v) is 1.90. The molecule has 0 atom stereocenters. The Hall–Kier alpha value is 0.140. The summed E-state index contributed by atoms with van der Waals surface area (Å²) in [7, 11) is 0. The van der Waals surface area contributed by atoms with E-state index in [2.05, 4.69) is 5.32 Å². The van der Waals surface area contributed by atoms with E-state index in [1.807, 2.05) is 0 Å². The lowest BCUT2D eigenvalue weighted by Crippen LogP contribution is -2.51. The minimum atomic E-state index is -0.262. The molecule has 0 aromatic heterocycles. The quantitative estimate of drug-likeness (QED) is 0.550. The van der Waals surface area contributed by atoms with E-state index < -0.39 is 0 Å². The normalized spacial score (nSPS) is 21.7. The molecular weight excluding hydrogens is 193 g/mol. The molecule has 13 heavy (non-hydrogen) atoms. The summed E-state index contributed by atoms with van der Waals surface area (Å²) in [5, 5.41) is 3.33. The summed E-state index contributed by atoms with van der Waals surface area (Å²) in [6.07, 6.45) is 2.44. The van der Waals surface area contributed by atoms with Crippen LogP contribution in [-0.4, -0.2) is 37.9 Å². The van der Waals surface area contributed by atoms with E-state index in [1.54, 1.807) is 0 Å². The average molecular weight is 210 g/mol. The van der Waals surface area contributed by atoms with Crippen LogP contribution in [0.2, 0.25) is 0 Å². The van der Waals surface area contributed by atoms with Crippen LogP contribution in [0.15, 0.2) is 0 Å². The molecule has 0 radical (unpaired) electrons. The molecule has 0 amide bonds. The Balaban J connectivity index is 2.29.